The standard InChI is InChI=1S/C48H32N4/c1-2-13-32(14-3-1)47-39-18-6-9-19-42(39)49-48(50-47)52-44-21-11-8-17-38(44)41-30-35(24-27-46(41)52)34-23-26-45-40(29-34)37-16-7-10-20-43(37)51(45)36-25-22-31-12-4-5-15-33(31)28-36/h1-30,38,44H. The van der Waals surface area contributed by atoms with Crippen LogP contribution in [0.25, 0.3) is 71.6 Å². The molecule has 0 spiro atoms. The van der Waals surface area contributed by atoms with Crippen molar-refractivity contribution >= 4 is 55.1 Å². The number of benzene rings is 7. The normalized spacial score (nSPS) is 16.3. The van der Waals surface area contributed by atoms with Crippen molar-refractivity contribution in [2.24, 2.45) is 0 Å². The summed E-state index contributed by atoms with van der Waals surface area (Å²) in [5.74, 6) is 0.913. The maximum absolute atomic E-state index is 5.29. The van der Waals surface area contributed by atoms with Crippen LogP contribution in [-0.4, -0.2) is 20.6 Å². The highest BCUT2D eigenvalue weighted by molar-refractivity contribution is 6.10. The van der Waals surface area contributed by atoms with E-state index in [0.717, 1.165) is 33.8 Å². The Labute approximate surface area is 301 Å². The van der Waals surface area contributed by atoms with Crippen molar-refractivity contribution in [1.29, 1.82) is 0 Å². The molecule has 11 rings (SSSR count). The van der Waals surface area contributed by atoms with Gasteiger partial charge >= 0.3 is 0 Å². The molecule has 244 valence electrons. The number of fused-ring (bicyclic) bond motifs is 8. The van der Waals surface area contributed by atoms with Crippen LogP contribution in [0, 0.1) is 0 Å². The van der Waals surface area contributed by atoms with Gasteiger partial charge in [-0.15, -0.1) is 0 Å². The quantitative estimate of drug-likeness (QED) is 0.188. The number of hydrogen-bond acceptors (Lipinski definition) is 3. The fourth-order valence-electron chi connectivity index (χ4n) is 8.49. The number of rotatable bonds is 4. The van der Waals surface area contributed by atoms with Crippen LogP contribution in [-0.2, 0) is 0 Å². The van der Waals surface area contributed by atoms with Gasteiger partial charge in [0.1, 0.15) is 0 Å². The molecule has 0 bridgehead atoms. The second-order valence-corrected chi connectivity index (χ2v) is 13.8. The first-order valence-electron chi connectivity index (χ1n) is 17.9. The van der Waals surface area contributed by atoms with Gasteiger partial charge in [0.05, 0.1) is 28.3 Å². The minimum atomic E-state index is 0.0856. The summed E-state index contributed by atoms with van der Waals surface area (Å²) < 4.78 is 2.40. The van der Waals surface area contributed by atoms with Gasteiger partial charge in [-0.05, 0) is 76.0 Å². The Morgan fingerprint density at radius 1 is 0.481 bits per heavy atom. The summed E-state index contributed by atoms with van der Waals surface area (Å²) in [6.07, 6.45) is 8.94. The summed E-state index contributed by atoms with van der Waals surface area (Å²) in [7, 11) is 0. The number of nitrogens with zero attached hydrogens (tertiary/aromatic N) is 4. The summed E-state index contributed by atoms with van der Waals surface area (Å²) in [5.41, 5.74) is 11.4. The molecule has 0 saturated heterocycles. The number of para-hydroxylation sites is 2. The average Bonchev–Trinajstić information content (AvgIpc) is 3.73. The first kappa shape index (κ1) is 29.0. The van der Waals surface area contributed by atoms with Crippen molar-refractivity contribution < 1.29 is 0 Å². The first-order valence-corrected chi connectivity index (χ1v) is 17.9. The Kier molecular flexibility index (Phi) is 6.34. The fourth-order valence-corrected chi connectivity index (χ4v) is 8.49. The molecule has 0 saturated carbocycles. The minimum absolute atomic E-state index is 0.0856. The van der Waals surface area contributed by atoms with Crippen LogP contribution in [0.4, 0.5) is 11.6 Å². The first-order chi connectivity index (χ1) is 25.8. The van der Waals surface area contributed by atoms with E-state index in [0.29, 0.717) is 0 Å². The third kappa shape index (κ3) is 4.41. The topological polar surface area (TPSA) is 34.0 Å². The summed E-state index contributed by atoms with van der Waals surface area (Å²) >= 11 is 0. The highest BCUT2D eigenvalue weighted by Gasteiger charge is 2.39. The molecule has 9 aromatic rings. The van der Waals surface area contributed by atoms with Gasteiger partial charge in [-0.25, -0.2) is 9.97 Å². The summed E-state index contributed by atoms with van der Waals surface area (Å²) in [6, 6.07) is 56.8. The molecule has 4 nitrogen and oxygen atoms in total. The van der Waals surface area contributed by atoms with Gasteiger partial charge in [0.25, 0.3) is 0 Å². The van der Waals surface area contributed by atoms with Crippen LogP contribution in [0.1, 0.15) is 11.5 Å². The van der Waals surface area contributed by atoms with Crippen molar-refractivity contribution in [3.8, 4) is 28.1 Å². The number of allylic oxidation sites excluding steroid dienone is 2. The monoisotopic (exact) mass is 664 g/mol. The van der Waals surface area contributed by atoms with E-state index in [-0.39, 0.29) is 12.0 Å². The van der Waals surface area contributed by atoms with Gasteiger partial charge in [0.2, 0.25) is 5.95 Å². The van der Waals surface area contributed by atoms with E-state index in [1.54, 1.807) is 0 Å². The molecule has 1 aliphatic carbocycles. The Hall–Kier alpha value is -6.78. The largest absolute Gasteiger partial charge is 0.309 e. The van der Waals surface area contributed by atoms with Gasteiger partial charge < -0.3 is 9.47 Å². The SMILES string of the molecule is C1=CC2c3cc(-c4ccc5c(c4)c4ccccc4n5-c4ccc5ccccc5c4)ccc3N(c3nc(-c4ccccc4)c4ccccc4n3)C2C=C1. The van der Waals surface area contributed by atoms with E-state index in [1.165, 1.54) is 55.0 Å². The zero-order valence-corrected chi connectivity index (χ0v) is 28.3. The lowest BCUT2D eigenvalue weighted by atomic mass is 9.89. The highest BCUT2D eigenvalue weighted by Crippen LogP contribution is 2.49. The van der Waals surface area contributed by atoms with E-state index in [4.69, 9.17) is 9.97 Å². The predicted molar refractivity (Wildman–Crippen MR) is 216 cm³/mol. The molecule has 2 atom stereocenters. The van der Waals surface area contributed by atoms with Crippen LogP contribution < -0.4 is 4.90 Å². The smallest absolute Gasteiger partial charge is 0.231 e. The third-order valence-electron chi connectivity index (χ3n) is 10.9. The van der Waals surface area contributed by atoms with E-state index in [1.807, 2.05) is 6.07 Å². The Balaban J connectivity index is 1.05. The van der Waals surface area contributed by atoms with Crippen LogP contribution in [0.15, 0.2) is 182 Å². The van der Waals surface area contributed by atoms with Crippen molar-refractivity contribution in [1.82, 2.24) is 14.5 Å². The Bertz CT molecular complexity index is 2930. The lowest BCUT2D eigenvalue weighted by Crippen LogP contribution is -2.30. The highest BCUT2D eigenvalue weighted by atomic mass is 15.3. The molecule has 0 amide bonds. The molecule has 2 aromatic heterocycles. The summed E-state index contributed by atoms with van der Waals surface area (Å²) in [6.45, 7) is 0. The number of aromatic nitrogens is 3. The van der Waals surface area contributed by atoms with Crippen molar-refractivity contribution in [3.05, 3.63) is 188 Å². The van der Waals surface area contributed by atoms with Gasteiger partial charge in [0.15, 0.2) is 0 Å². The zero-order chi connectivity index (χ0) is 34.2. The van der Waals surface area contributed by atoms with E-state index < -0.39 is 0 Å². The molecule has 2 unspecified atom stereocenters. The molecule has 2 aliphatic rings. The lowest BCUT2D eigenvalue weighted by molar-refractivity contribution is 0.731. The van der Waals surface area contributed by atoms with Crippen LogP contribution in [0.3, 0.4) is 0 Å². The molecule has 0 N–H and O–H groups in total. The van der Waals surface area contributed by atoms with E-state index in [2.05, 4.69) is 185 Å². The molecule has 0 radical (unpaired) electrons. The molecule has 0 fully saturated rings. The van der Waals surface area contributed by atoms with Crippen LogP contribution >= 0.6 is 0 Å². The van der Waals surface area contributed by atoms with Gasteiger partial charge in [-0.3, -0.25) is 0 Å². The Morgan fingerprint density at radius 2 is 1.21 bits per heavy atom. The molecule has 52 heavy (non-hydrogen) atoms. The predicted octanol–water partition coefficient (Wildman–Crippen LogP) is 11.9. The van der Waals surface area contributed by atoms with Gasteiger partial charge in [0, 0.05) is 39.0 Å². The van der Waals surface area contributed by atoms with Crippen LogP contribution in [0.2, 0.25) is 0 Å². The van der Waals surface area contributed by atoms with Crippen molar-refractivity contribution in [2.75, 3.05) is 4.90 Å². The summed E-state index contributed by atoms with van der Waals surface area (Å²) in [5, 5.41) is 6.05. The van der Waals surface area contributed by atoms with E-state index >= 15 is 0 Å². The second kappa shape index (κ2) is 11.4. The van der Waals surface area contributed by atoms with Crippen LogP contribution in [0.5, 0.6) is 0 Å². The second-order valence-electron chi connectivity index (χ2n) is 13.8. The average molecular weight is 665 g/mol. The van der Waals surface area contributed by atoms with Crippen molar-refractivity contribution in [2.45, 2.75) is 12.0 Å². The number of hydrogen-bond donors (Lipinski definition) is 0. The molecular weight excluding hydrogens is 633 g/mol. The maximum Gasteiger partial charge on any atom is 0.231 e. The minimum Gasteiger partial charge on any atom is -0.309 e. The molecular formula is C48H32N4. The molecule has 4 heteroatoms. The summed E-state index contributed by atoms with van der Waals surface area (Å²) in [4.78, 5) is 12.8. The molecule has 7 aromatic carbocycles. The van der Waals surface area contributed by atoms with Gasteiger partial charge in [-0.1, -0.05) is 133 Å². The fraction of sp³-hybridized carbons (Fsp3) is 0.0417. The maximum atomic E-state index is 5.29. The Morgan fingerprint density at radius 3 is 2.13 bits per heavy atom. The van der Waals surface area contributed by atoms with E-state index in [9.17, 15) is 0 Å². The molecule has 1 aliphatic heterocycles. The molecule has 3 heterocycles. The van der Waals surface area contributed by atoms with Gasteiger partial charge in [-0.2, -0.15) is 0 Å². The van der Waals surface area contributed by atoms with Crippen molar-refractivity contribution in [3.63, 3.8) is 0 Å². The zero-order valence-electron chi connectivity index (χ0n) is 28.3. The number of anilines is 2. The lowest BCUT2D eigenvalue weighted by Gasteiger charge is -2.27. The third-order valence-corrected chi connectivity index (χ3v) is 10.9.